The summed E-state index contributed by atoms with van der Waals surface area (Å²) in [6.07, 6.45) is 15.1. The topological polar surface area (TPSA) is 74.8 Å². The van der Waals surface area contributed by atoms with Crippen LogP contribution in [0.3, 0.4) is 0 Å². The fourth-order valence-corrected chi connectivity index (χ4v) is 6.35. The number of fused-ring (bicyclic) bond motifs is 3. The van der Waals surface area contributed by atoms with E-state index in [0.717, 1.165) is 57.3 Å². The Bertz CT molecular complexity index is 736. The predicted molar refractivity (Wildman–Crippen MR) is 133 cm³/mol. The van der Waals surface area contributed by atoms with Crippen molar-refractivity contribution in [2.75, 3.05) is 7.05 Å². The highest BCUT2D eigenvalue weighted by atomic mass is 16.2. The van der Waals surface area contributed by atoms with E-state index in [9.17, 15) is 19.2 Å². The summed E-state index contributed by atoms with van der Waals surface area (Å²) in [5.74, 6) is -0.125. The van der Waals surface area contributed by atoms with Crippen molar-refractivity contribution in [3.05, 3.63) is 0 Å². The fraction of sp³-hybridized carbons (Fsp3) is 0.857. The second kappa shape index (κ2) is 12.8. The lowest BCUT2D eigenvalue weighted by molar-refractivity contribution is -0.152. The van der Waals surface area contributed by atoms with Crippen LogP contribution in [0.15, 0.2) is 0 Å². The van der Waals surface area contributed by atoms with E-state index in [-0.39, 0.29) is 47.4 Å². The van der Waals surface area contributed by atoms with E-state index < -0.39 is 0 Å². The van der Waals surface area contributed by atoms with Gasteiger partial charge in [-0.05, 0) is 57.3 Å². The van der Waals surface area contributed by atoms with Gasteiger partial charge in [0.2, 0.25) is 23.6 Å². The maximum absolute atomic E-state index is 13.8. The number of rotatable bonds is 2. The summed E-state index contributed by atoms with van der Waals surface area (Å²) in [5.41, 5.74) is 0. The molecule has 6 heteroatoms. The zero-order valence-corrected chi connectivity index (χ0v) is 21.7. The lowest BCUT2D eigenvalue weighted by atomic mass is 9.84. The third-order valence-electron chi connectivity index (χ3n) is 8.74. The molecule has 2 aliphatic carbocycles. The SMILES string of the molecule is CC(=O)N(C)C(=O)C1CCCC2CCC(CC1)C(=O)N(C1CCCCCC(C)CCCC1)C2=O. The number of imide groups is 2. The Hall–Kier alpha value is -1.72. The Morgan fingerprint density at radius 1 is 0.706 bits per heavy atom. The summed E-state index contributed by atoms with van der Waals surface area (Å²) in [5, 5.41) is 0. The van der Waals surface area contributed by atoms with Crippen LogP contribution in [0.1, 0.15) is 117 Å². The van der Waals surface area contributed by atoms with Crippen molar-refractivity contribution < 1.29 is 19.2 Å². The van der Waals surface area contributed by atoms with Gasteiger partial charge in [-0.15, -0.1) is 0 Å². The van der Waals surface area contributed by atoms with Crippen molar-refractivity contribution in [1.82, 2.24) is 9.80 Å². The zero-order chi connectivity index (χ0) is 24.7. The van der Waals surface area contributed by atoms with Gasteiger partial charge in [-0.1, -0.05) is 58.3 Å². The van der Waals surface area contributed by atoms with Crippen LogP contribution >= 0.6 is 0 Å². The summed E-state index contributed by atoms with van der Waals surface area (Å²) in [7, 11) is 1.54. The van der Waals surface area contributed by atoms with Crippen LogP contribution in [-0.4, -0.2) is 46.5 Å². The average Bonchev–Trinajstić information content (AvgIpc) is 2.96. The number of hydrogen-bond donors (Lipinski definition) is 0. The molecule has 2 saturated carbocycles. The maximum atomic E-state index is 13.8. The first-order chi connectivity index (χ1) is 16.3. The molecule has 1 saturated heterocycles. The van der Waals surface area contributed by atoms with Gasteiger partial charge in [0, 0.05) is 37.8 Å². The number of nitrogens with zero attached hydrogens (tertiary/aromatic N) is 2. The smallest absolute Gasteiger partial charge is 0.232 e. The first-order valence-electron chi connectivity index (χ1n) is 13.9. The number of carbonyl (C=O) groups excluding carboxylic acids is 4. The normalized spacial score (nSPS) is 32.4. The van der Waals surface area contributed by atoms with Gasteiger partial charge in [0.25, 0.3) is 0 Å². The quantitative estimate of drug-likeness (QED) is 0.497. The molecule has 0 N–H and O–H groups in total. The molecular weight excluding hydrogens is 428 g/mol. The largest absolute Gasteiger partial charge is 0.286 e. The van der Waals surface area contributed by atoms with E-state index in [1.165, 1.54) is 43.9 Å². The first-order valence-corrected chi connectivity index (χ1v) is 13.9. The highest BCUT2D eigenvalue weighted by molar-refractivity contribution is 5.99. The van der Waals surface area contributed by atoms with E-state index >= 15 is 0 Å². The molecule has 4 amide bonds. The van der Waals surface area contributed by atoms with Crippen molar-refractivity contribution >= 4 is 23.6 Å². The minimum absolute atomic E-state index is 0.00811. The van der Waals surface area contributed by atoms with Crippen LogP contribution in [-0.2, 0) is 19.2 Å². The molecule has 3 rings (SSSR count). The van der Waals surface area contributed by atoms with Crippen LogP contribution in [0.4, 0.5) is 0 Å². The van der Waals surface area contributed by atoms with Gasteiger partial charge in [0.05, 0.1) is 0 Å². The van der Waals surface area contributed by atoms with Gasteiger partial charge >= 0.3 is 0 Å². The molecule has 0 spiro atoms. The lowest BCUT2D eigenvalue weighted by Crippen LogP contribution is -2.48. The molecule has 0 aromatic heterocycles. The summed E-state index contributed by atoms with van der Waals surface area (Å²) in [6, 6.07) is 0.0264. The molecule has 1 heterocycles. The van der Waals surface area contributed by atoms with Crippen LogP contribution in [0.5, 0.6) is 0 Å². The standard InChI is InChI=1S/C28H46N2O4/c1-20-10-5-4-6-14-25(15-8-7-11-20)30-27(33)23-13-9-12-22(26(32)29(3)21(2)31)16-18-24(19-17-23)28(30)34/h20,22-25H,4-19H2,1-3H3. The zero-order valence-electron chi connectivity index (χ0n) is 21.7. The number of likely N-dealkylation sites (tertiary alicyclic amines) is 1. The second-order valence-electron chi connectivity index (χ2n) is 11.3. The van der Waals surface area contributed by atoms with Gasteiger partial charge < -0.3 is 0 Å². The second-order valence-corrected chi connectivity index (χ2v) is 11.3. The Labute approximate surface area is 206 Å². The van der Waals surface area contributed by atoms with Gasteiger partial charge in [-0.25, -0.2) is 0 Å². The molecule has 192 valence electrons. The first kappa shape index (κ1) is 26.9. The molecule has 3 aliphatic rings. The van der Waals surface area contributed by atoms with E-state index in [1.54, 1.807) is 11.9 Å². The van der Waals surface area contributed by atoms with E-state index in [4.69, 9.17) is 0 Å². The molecule has 5 atom stereocenters. The molecule has 5 unspecified atom stereocenters. The molecular formula is C28H46N2O4. The van der Waals surface area contributed by atoms with Crippen molar-refractivity contribution in [3.63, 3.8) is 0 Å². The summed E-state index contributed by atoms with van der Waals surface area (Å²) < 4.78 is 0. The predicted octanol–water partition coefficient (Wildman–Crippen LogP) is 5.48. The highest BCUT2D eigenvalue weighted by Gasteiger charge is 2.41. The van der Waals surface area contributed by atoms with Gasteiger partial charge in [-0.3, -0.25) is 29.0 Å². The van der Waals surface area contributed by atoms with Crippen LogP contribution in [0.2, 0.25) is 0 Å². The van der Waals surface area contributed by atoms with Crippen LogP contribution in [0.25, 0.3) is 0 Å². The highest BCUT2D eigenvalue weighted by Crippen LogP contribution is 2.36. The van der Waals surface area contributed by atoms with E-state index in [0.29, 0.717) is 19.3 Å². The minimum atomic E-state index is -0.250. The Kier molecular flexibility index (Phi) is 10.1. The number of carbonyl (C=O) groups is 4. The molecule has 0 aromatic carbocycles. The Balaban J connectivity index is 1.77. The Morgan fingerprint density at radius 2 is 1.24 bits per heavy atom. The summed E-state index contributed by atoms with van der Waals surface area (Å²) in [4.78, 5) is 55.0. The molecule has 6 nitrogen and oxygen atoms in total. The van der Waals surface area contributed by atoms with Crippen LogP contribution in [0, 0.1) is 23.7 Å². The van der Waals surface area contributed by atoms with Crippen molar-refractivity contribution in [2.24, 2.45) is 23.7 Å². The lowest BCUT2D eigenvalue weighted by Gasteiger charge is -2.33. The third kappa shape index (κ3) is 6.91. The fourth-order valence-electron chi connectivity index (χ4n) is 6.35. The van der Waals surface area contributed by atoms with Gasteiger partial charge in [-0.2, -0.15) is 0 Å². The number of hydrogen-bond acceptors (Lipinski definition) is 4. The third-order valence-corrected chi connectivity index (χ3v) is 8.74. The van der Waals surface area contributed by atoms with Crippen molar-refractivity contribution in [3.8, 4) is 0 Å². The molecule has 0 aromatic rings. The van der Waals surface area contributed by atoms with Gasteiger partial charge in [0.15, 0.2) is 0 Å². The average molecular weight is 475 g/mol. The van der Waals surface area contributed by atoms with Crippen molar-refractivity contribution in [1.29, 1.82) is 0 Å². The minimum Gasteiger partial charge on any atom is -0.286 e. The molecule has 3 fully saturated rings. The molecule has 0 radical (unpaired) electrons. The van der Waals surface area contributed by atoms with E-state index in [1.807, 2.05) is 0 Å². The maximum Gasteiger partial charge on any atom is 0.232 e. The number of amides is 4. The molecule has 1 aliphatic heterocycles. The Morgan fingerprint density at radius 3 is 1.88 bits per heavy atom. The summed E-state index contributed by atoms with van der Waals surface area (Å²) in [6.45, 7) is 3.76. The summed E-state index contributed by atoms with van der Waals surface area (Å²) >= 11 is 0. The van der Waals surface area contributed by atoms with Gasteiger partial charge in [0.1, 0.15) is 0 Å². The molecule has 2 bridgehead atoms. The van der Waals surface area contributed by atoms with Crippen molar-refractivity contribution in [2.45, 2.75) is 123 Å². The van der Waals surface area contributed by atoms with E-state index in [2.05, 4.69) is 6.92 Å². The van der Waals surface area contributed by atoms with Crippen LogP contribution < -0.4 is 0 Å². The monoisotopic (exact) mass is 474 g/mol. The molecule has 34 heavy (non-hydrogen) atoms.